The van der Waals surface area contributed by atoms with Crippen molar-refractivity contribution in [3.63, 3.8) is 0 Å². The average Bonchev–Trinajstić information content (AvgIpc) is 2.44. The molecule has 66 valence electrons. The Morgan fingerprint density at radius 3 is 3.23 bits per heavy atom. The summed E-state index contributed by atoms with van der Waals surface area (Å²) >= 11 is 0. The fraction of sp³-hybridized carbons (Fsp3) is 0.125. The molecule has 0 saturated heterocycles. The van der Waals surface area contributed by atoms with Crippen LogP contribution in [0.5, 0.6) is 0 Å². The number of nitrogens with zero attached hydrogens (tertiary/aromatic N) is 3. The molecule has 0 radical (unpaired) electrons. The molecule has 5 heteroatoms. The van der Waals surface area contributed by atoms with Crippen LogP contribution < -0.4 is 5.73 Å². The van der Waals surface area contributed by atoms with Crippen LogP contribution in [-0.4, -0.2) is 29.9 Å². The maximum atomic E-state index is 11.0. The van der Waals surface area contributed by atoms with Gasteiger partial charge in [-0.25, -0.2) is 4.99 Å². The summed E-state index contributed by atoms with van der Waals surface area (Å²) in [5.41, 5.74) is 6.09. The number of rotatable bonds is 1. The van der Waals surface area contributed by atoms with Crippen molar-refractivity contribution >= 4 is 18.3 Å². The van der Waals surface area contributed by atoms with Gasteiger partial charge in [-0.15, -0.1) is 0 Å². The minimum atomic E-state index is -0.534. The van der Waals surface area contributed by atoms with Crippen molar-refractivity contribution in [2.45, 2.75) is 0 Å². The van der Waals surface area contributed by atoms with Crippen LogP contribution >= 0.6 is 0 Å². The molecule has 0 bridgehead atoms. The monoisotopic (exact) mass is 176 g/mol. The van der Waals surface area contributed by atoms with Crippen molar-refractivity contribution < 1.29 is 4.79 Å². The van der Waals surface area contributed by atoms with Crippen LogP contribution in [0, 0.1) is 0 Å². The average molecular weight is 176 g/mol. The first-order chi connectivity index (χ1) is 6.29. The summed E-state index contributed by atoms with van der Waals surface area (Å²) in [6, 6.07) is 0. The largest absolute Gasteiger partial charge is 0.364 e. The smallest absolute Gasteiger partial charge is 0.269 e. The van der Waals surface area contributed by atoms with E-state index in [4.69, 9.17) is 5.73 Å². The second-order valence-electron chi connectivity index (χ2n) is 2.64. The van der Waals surface area contributed by atoms with E-state index in [-0.39, 0.29) is 5.70 Å². The highest BCUT2D eigenvalue weighted by Gasteiger charge is 2.19. The lowest BCUT2D eigenvalue weighted by Gasteiger charge is -2.12. The lowest BCUT2D eigenvalue weighted by Crippen LogP contribution is -2.20. The van der Waals surface area contributed by atoms with Crippen molar-refractivity contribution in [3.8, 4) is 0 Å². The number of allylic oxidation sites excluding steroid dienone is 2. The molecule has 0 atom stereocenters. The van der Waals surface area contributed by atoms with E-state index in [1.165, 1.54) is 0 Å². The number of primary amides is 1. The fourth-order valence-corrected chi connectivity index (χ4v) is 1.21. The van der Waals surface area contributed by atoms with Crippen LogP contribution in [0.2, 0.25) is 0 Å². The zero-order chi connectivity index (χ0) is 9.26. The van der Waals surface area contributed by atoms with Crippen molar-refractivity contribution in [2.24, 2.45) is 15.7 Å². The van der Waals surface area contributed by atoms with Crippen molar-refractivity contribution in [1.82, 2.24) is 4.90 Å². The molecule has 5 nitrogen and oxygen atoms in total. The predicted octanol–water partition coefficient (Wildman–Crippen LogP) is -0.375. The molecule has 0 aromatic carbocycles. The van der Waals surface area contributed by atoms with E-state index in [1.54, 1.807) is 18.5 Å². The first-order valence-corrected chi connectivity index (χ1v) is 3.80. The van der Waals surface area contributed by atoms with Crippen LogP contribution in [0.4, 0.5) is 0 Å². The van der Waals surface area contributed by atoms with Crippen molar-refractivity contribution in [2.75, 3.05) is 6.67 Å². The lowest BCUT2D eigenvalue weighted by atomic mass is 10.3. The number of carbonyl (C=O) groups excluding carboxylic acids is 1. The van der Waals surface area contributed by atoms with Gasteiger partial charge in [-0.1, -0.05) is 0 Å². The zero-order valence-corrected chi connectivity index (χ0v) is 6.84. The number of fused-ring (bicyclic) bond motifs is 1. The van der Waals surface area contributed by atoms with Crippen LogP contribution in [0.25, 0.3) is 0 Å². The van der Waals surface area contributed by atoms with Gasteiger partial charge in [0.2, 0.25) is 0 Å². The van der Waals surface area contributed by atoms with Gasteiger partial charge >= 0.3 is 0 Å². The van der Waals surface area contributed by atoms with Gasteiger partial charge in [-0.2, -0.15) is 0 Å². The summed E-state index contributed by atoms with van der Waals surface area (Å²) in [6.07, 6.45) is 6.69. The molecule has 2 aliphatic heterocycles. The highest BCUT2D eigenvalue weighted by Crippen LogP contribution is 2.16. The minimum absolute atomic E-state index is 0.256. The normalized spacial score (nSPS) is 19.2. The Labute approximate surface area is 75.0 Å². The molecule has 2 aliphatic rings. The molecule has 0 fully saturated rings. The van der Waals surface area contributed by atoms with Crippen LogP contribution in [0.3, 0.4) is 0 Å². The zero-order valence-electron chi connectivity index (χ0n) is 6.84. The van der Waals surface area contributed by atoms with Crippen LogP contribution in [0.15, 0.2) is 33.7 Å². The molecule has 0 saturated carbocycles. The van der Waals surface area contributed by atoms with Crippen molar-refractivity contribution in [3.05, 3.63) is 23.7 Å². The first-order valence-electron chi connectivity index (χ1n) is 3.80. The molecule has 2 heterocycles. The SMILES string of the molecule is NC(=O)C1=C2C=NCN2C=CC=N1. The maximum Gasteiger partial charge on any atom is 0.269 e. The molecule has 2 rings (SSSR count). The van der Waals surface area contributed by atoms with Gasteiger partial charge < -0.3 is 10.6 Å². The van der Waals surface area contributed by atoms with Gasteiger partial charge in [0.25, 0.3) is 5.91 Å². The van der Waals surface area contributed by atoms with E-state index in [9.17, 15) is 4.79 Å². The Hall–Kier alpha value is -1.91. The maximum absolute atomic E-state index is 11.0. The number of amides is 1. The molecule has 0 unspecified atom stereocenters. The molecule has 1 amide bonds. The summed E-state index contributed by atoms with van der Waals surface area (Å²) in [5.74, 6) is -0.534. The summed E-state index contributed by atoms with van der Waals surface area (Å²) in [6.45, 7) is 0.520. The van der Waals surface area contributed by atoms with Gasteiger partial charge in [0, 0.05) is 18.6 Å². The highest BCUT2D eigenvalue weighted by atomic mass is 16.1. The van der Waals surface area contributed by atoms with Crippen LogP contribution in [-0.2, 0) is 4.79 Å². The van der Waals surface area contributed by atoms with E-state index >= 15 is 0 Å². The minimum Gasteiger partial charge on any atom is -0.364 e. The number of hydrogen-bond acceptors (Lipinski definition) is 4. The Balaban J connectivity index is 2.50. The number of nitrogens with two attached hydrogens (primary N) is 1. The molecule has 2 N–H and O–H groups in total. The molecule has 0 aromatic heterocycles. The van der Waals surface area contributed by atoms with E-state index in [0.29, 0.717) is 12.4 Å². The molecule has 0 aromatic rings. The first kappa shape index (κ1) is 7.72. The molecular weight excluding hydrogens is 168 g/mol. The fourth-order valence-electron chi connectivity index (χ4n) is 1.21. The highest BCUT2D eigenvalue weighted by molar-refractivity contribution is 6.01. The van der Waals surface area contributed by atoms with Gasteiger partial charge in [-0.05, 0) is 6.08 Å². The molecule has 0 aliphatic carbocycles. The van der Waals surface area contributed by atoms with Gasteiger partial charge in [0.1, 0.15) is 6.67 Å². The second kappa shape index (κ2) is 2.85. The third kappa shape index (κ3) is 1.24. The van der Waals surface area contributed by atoms with Gasteiger partial charge in [0.05, 0.1) is 5.70 Å². The summed E-state index contributed by atoms with van der Waals surface area (Å²) in [7, 11) is 0. The van der Waals surface area contributed by atoms with Crippen LogP contribution in [0.1, 0.15) is 0 Å². The van der Waals surface area contributed by atoms with Crippen molar-refractivity contribution in [1.29, 1.82) is 0 Å². The Bertz CT molecular complexity index is 364. The third-order valence-corrected chi connectivity index (χ3v) is 1.79. The van der Waals surface area contributed by atoms with E-state index < -0.39 is 5.91 Å². The summed E-state index contributed by atoms with van der Waals surface area (Å²) < 4.78 is 0. The Morgan fingerprint density at radius 2 is 2.46 bits per heavy atom. The third-order valence-electron chi connectivity index (χ3n) is 1.79. The lowest BCUT2D eigenvalue weighted by molar-refractivity contribution is -0.114. The Morgan fingerprint density at radius 1 is 1.62 bits per heavy atom. The number of aliphatic imine (C=N–C) groups is 2. The molecule has 0 spiro atoms. The number of carbonyl (C=O) groups is 1. The van der Waals surface area contributed by atoms with Gasteiger partial charge in [0.15, 0.2) is 5.70 Å². The van der Waals surface area contributed by atoms with Gasteiger partial charge in [-0.3, -0.25) is 9.79 Å². The topological polar surface area (TPSA) is 71.1 Å². The standard InChI is InChI=1S/C8H8N4O/c9-8(13)7-6-4-10-5-12(6)3-1-2-11-7/h1-4H,5H2,(H2,9,13). The quantitative estimate of drug-likeness (QED) is 0.591. The van der Waals surface area contributed by atoms with E-state index in [2.05, 4.69) is 9.98 Å². The Kier molecular flexibility index (Phi) is 1.70. The summed E-state index contributed by atoms with van der Waals surface area (Å²) in [5, 5.41) is 0. The molecule has 13 heavy (non-hydrogen) atoms. The van der Waals surface area contributed by atoms with E-state index in [0.717, 1.165) is 0 Å². The summed E-state index contributed by atoms with van der Waals surface area (Å²) in [4.78, 5) is 20.7. The predicted molar refractivity (Wildman–Crippen MR) is 49.1 cm³/mol. The van der Waals surface area contributed by atoms with E-state index in [1.807, 2.05) is 11.1 Å². The molecular formula is C8H8N4O. The number of hydrogen-bond donors (Lipinski definition) is 1. The second-order valence-corrected chi connectivity index (χ2v) is 2.64.